The van der Waals surface area contributed by atoms with Crippen molar-refractivity contribution >= 4 is 74.6 Å². The Balaban J connectivity index is 0.000000129. The molecule has 0 radical (unpaired) electrons. The number of rotatable bonds is 7. The number of aryl methyl sites for hydroxylation is 2. The number of nitrogens with zero attached hydrogens (tertiary/aromatic N) is 13. The molecule has 5 amide bonds. The van der Waals surface area contributed by atoms with Gasteiger partial charge in [0.2, 0.25) is 11.8 Å². The number of piperidine rings is 6. The van der Waals surface area contributed by atoms with Gasteiger partial charge in [0, 0.05) is 150 Å². The molecule has 0 N–H and O–H groups in total. The standard InChI is InChI=1S/C26H33N3O3S.C25H33N5O.C23H30FN5OS/c1-3-32-25(31)28-12-7-21(8-13-28)27-14-10-26(11-15-27)18-29(19(2)30)24-22(5-4-6-23(24)26)20-9-16-33-17-20;1-18-19(2)27-24(16-26-18)29-12-8-21(9-13-29)28-14-10-25(11-15-28)17-30(20(3)31)23-7-5-4-6-22(23)25;1-26(2)22(30)29-16-23(19-15-17(24)3-4-20(19)29)7-12-27(13-8-23)18-5-10-28(11-6-18)21-25-9-14-31-21/h4-6,9,16-17,21H,3,7-8,10-15,18H2,1-2H3;4-7,16,21H,8-15,17H2,1-3H3;3-4,9,14-15,18H,5-8,10-13,16H2,1-2H3. The quantitative estimate of drug-likeness (QED) is 0.149. The van der Waals surface area contributed by atoms with Gasteiger partial charge in [-0.1, -0.05) is 36.4 Å². The average molecular weight is 1330 g/mol. The number of ether oxygens (including phenoxy) is 1. The maximum absolute atomic E-state index is 14.2. The van der Waals surface area contributed by atoms with Gasteiger partial charge >= 0.3 is 12.1 Å². The van der Waals surface area contributed by atoms with E-state index in [1.165, 1.54) is 41.2 Å². The second-order valence-corrected chi connectivity index (χ2v) is 30.0. The minimum Gasteiger partial charge on any atom is -0.450 e. The first kappa shape index (κ1) is 66.6. The van der Waals surface area contributed by atoms with Crippen molar-refractivity contribution in [3.8, 4) is 11.1 Å². The smallest absolute Gasteiger partial charge is 0.409 e. The van der Waals surface area contributed by atoms with Crippen LogP contribution in [-0.2, 0) is 30.6 Å². The number of anilines is 5. The molecule has 3 aromatic carbocycles. The van der Waals surface area contributed by atoms with Crippen LogP contribution in [0.1, 0.15) is 126 Å². The highest BCUT2D eigenvalue weighted by Crippen LogP contribution is 2.53. The zero-order valence-corrected chi connectivity index (χ0v) is 58.5. The summed E-state index contributed by atoms with van der Waals surface area (Å²) in [5.74, 6) is 1.10. The highest BCUT2D eigenvalue weighted by Gasteiger charge is 2.51. The van der Waals surface area contributed by atoms with E-state index in [1.807, 2.05) is 58.1 Å². The molecule has 9 aliphatic rings. The van der Waals surface area contributed by atoms with Crippen molar-refractivity contribution in [3.05, 3.63) is 129 Å². The van der Waals surface area contributed by atoms with E-state index >= 15 is 0 Å². The van der Waals surface area contributed by atoms with E-state index in [0.29, 0.717) is 31.3 Å². The maximum atomic E-state index is 14.2. The van der Waals surface area contributed by atoms with Crippen LogP contribution in [0.3, 0.4) is 0 Å². The van der Waals surface area contributed by atoms with Crippen molar-refractivity contribution in [2.45, 2.75) is 146 Å². The molecular formula is C74H96FN13O5S2. The number of hydrogen-bond acceptors (Lipinski definition) is 15. The number of thiazole rings is 1. The molecule has 0 unspecified atom stereocenters. The molecule has 15 rings (SSSR count). The minimum atomic E-state index is -0.214. The molecule has 3 spiro atoms. The monoisotopic (exact) mass is 1330 g/mol. The van der Waals surface area contributed by atoms with Crippen LogP contribution in [0, 0.1) is 19.7 Å². The number of urea groups is 1. The summed E-state index contributed by atoms with van der Waals surface area (Å²) in [5.41, 5.74) is 11.3. The molecule has 95 heavy (non-hydrogen) atoms. The first-order valence-electron chi connectivity index (χ1n) is 34.9. The van der Waals surface area contributed by atoms with Gasteiger partial charge in [0.15, 0.2) is 5.13 Å². The number of halogens is 1. The number of hydrogen-bond donors (Lipinski definition) is 0. The summed E-state index contributed by atoms with van der Waals surface area (Å²) < 4.78 is 19.3. The molecule has 6 aromatic rings. The molecule has 0 aliphatic carbocycles. The molecule has 18 nitrogen and oxygen atoms in total. The number of para-hydroxylation sites is 2. The molecule has 0 atom stereocenters. The Morgan fingerprint density at radius 3 is 1.71 bits per heavy atom. The lowest BCUT2D eigenvalue weighted by Gasteiger charge is -2.45. The number of likely N-dealkylation sites (tertiary alicyclic amines) is 4. The number of benzene rings is 3. The molecule has 6 fully saturated rings. The van der Waals surface area contributed by atoms with Crippen LogP contribution >= 0.6 is 22.7 Å². The van der Waals surface area contributed by atoms with Crippen LogP contribution in [-0.4, -0.2) is 200 Å². The fourth-order valence-electron chi connectivity index (χ4n) is 17.4. The van der Waals surface area contributed by atoms with Gasteiger partial charge in [0.05, 0.1) is 29.9 Å². The van der Waals surface area contributed by atoms with Gasteiger partial charge in [0.25, 0.3) is 0 Å². The Morgan fingerprint density at radius 1 is 0.600 bits per heavy atom. The normalized spacial score (nSPS) is 21.3. The molecule has 21 heteroatoms. The summed E-state index contributed by atoms with van der Waals surface area (Å²) in [6, 6.07) is 23.9. The average Bonchev–Trinajstić information content (AvgIpc) is 1.60. The SMILES string of the molecule is CC(=O)N1CC2(CCN(C3CCN(c4cnc(C)c(C)n4)CC3)CC2)c2ccccc21.CCOC(=O)N1CCC(N2CCC3(CC2)CN(C(C)=O)c2c(-c4ccsc4)cccc23)CC1.CN(C)C(=O)N1CC2(CCN(C3CCN(c4nccs4)CC3)CC2)c2cc(F)ccc21. The topological polar surface area (TPSA) is 149 Å². The van der Waals surface area contributed by atoms with Crippen molar-refractivity contribution in [1.29, 1.82) is 0 Å². The minimum absolute atomic E-state index is 0.0262. The summed E-state index contributed by atoms with van der Waals surface area (Å²) in [7, 11) is 3.55. The molecule has 506 valence electrons. The Kier molecular flexibility index (Phi) is 19.8. The van der Waals surface area contributed by atoms with Gasteiger partial charge in [0.1, 0.15) is 11.6 Å². The van der Waals surface area contributed by atoms with Crippen LogP contribution in [0.2, 0.25) is 0 Å². The van der Waals surface area contributed by atoms with Crippen molar-refractivity contribution in [2.75, 3.05) is 143 Å². The van der Waals surface area contributed by atoms with E-state index in [2.05, 4.69) is 93.8 Å². The Labute approximate surface area is 569 Å². The number of amides is 5. The Morgan fingerprint density at radius 2 is 1.15 bits per heavy atom. The predicted octanol–water partition coefficient (Wildman–Crippen LogP) is 12.0. The third-order valence-corrected chi connectivity index (χ3v) is 24.5. The number of thiophene rings is 1. The number of carbonyl (C=O) groups is 4. The molecule has 3 aromatic heterocycles. The highest BCUT2D eigenvalue weighted by atomic mass is 32.1. The molecule has 6 saturated heterocycles. The van der Waals surface area contributed by atoms with Gasteiger partial charge in [-0.2, -0.15) is 11.3 Å². The number of aromatic nitrogens is 3. The van der Waals surface area contributed by atoms with Crippen molar-refractivity contribution in [2.24, 2.45) is 0 Å². The summed E-state index contributed by atoms with van der Waals surface area (Å²) >= 11 is 3.41. The summed E-state index contributed by atoms with van der Waals surface area (Å²) in [6.07, 6.45) is 16.6. The third kappa shape index (κ3) is 13.5. The molecule has 9 aliphatic heterocycles. The lowest BCUT2D eigenvalue weighted by Crippen LogP contribution is -2.52. The molecular weight excluding hydrogens is 1230 g/mol. The molecule has 0 bridgehead atoms. The Hall–Kier alpha value is -7.04. The zero-order chi connectivity index (χ0) is 66.2. The molecule has 0 saturated carbocycles. The van der Waals surface area contributed by atoms with Crippen LogP contribution in [0.4, 0.5) is 42.0 Å². The third-order valence-electron chi connectivity index (χ3n) is 23.0. The van der Waals surface area contributed by atoms with E-state index in [4.69, 9.17) is 9.72 Å². The largest absolute Gasteiger partial charge is 0.450 e. The summed E-state index contributed by atoms with van der Waals surface area (Å²) in [5, 5.41) is 7.44. The van der Waals surface area contributed by atoms with Crippen molar-refractivity contribution < 1.29 is 28.3 Å². The second kappa shape index (κ2) is 28.2. The van der Waals surface area contributed by atoms with E-state index in [9.17, 15) is 23.6 Å². The van der Waals surface area contributed by atoms with Gasteiger partial charge in [-0.05, 0) is 200 Å². The lowest BCUT2D eigenvalue weighted by molar-refractivity contribution is -0.117. The maximum Gasteiger partial charge on any atom is 0.409 e. The van der Waals surface area contributed by atoms with Crippen LogP contribution in [0.25, 0.3) is 11.1 Å². The van der Waals surface area contributed by atoms with E-state index in [1.54, 1.807) is 67.6 Å². The van der Waals surface area contributed by atoms with Crippen molar-refractivity contribution in [1.82, 2.24) is 39.5 Å². The molecule has 12 heterocycles. The van der Waals surface area contributed by atoms with Crippen molar-refractivity contribution in [3.63, 3.8) is 0 Å². The van der Waals surface area contributed by atoms with Gasteiger partial charge in [-0.25, -0.2) is 23.9 Å². The van der Waals surface area contributed by atoms with Gasteiger partial charge in [-0.15, -0.1) is 11.3 Å². The highest BCUT2D eigenvalue weighted by molar-refractivity contribution is 7.13. The first-order valence-corrected chi connectivity index (χ1v) is 36.7. The first-order chi connectivity index (χ1) is 46.0. The van der Waals surface area contributed by atoms with E-state index in [0.717, 1.165) is 201 Å². The summed E-state index contributed by atoms with van der Waals surface area (Å²) in [6.45, 7) is 24.1. The fourth-order valence-corrected chi connectivity index (χ4v) is 18.8. The second-order valence-electron chi connectivity index (χ2n) is 28.4. The van der Waals surface area contributed by atoms with Crippen LogP contribution in [0.5, 0.6) is 0 Å². The predicted molar refractivity (Wildman–Crippen MR) is 378 cm³/mol. The van der Waals surface area contributed by atoms with Crippen LogP contribution < -0.4 is 24.5 Å². The number of carbonyl (C=O) groups excluding carboxylic acids is 4. The van der Waals surface area contributed by atoms with E-state index < -0.39 is 0 Å². The van der Waals surface area contributed by atoms with Crippen LogP contribution in [0.15, 0.2) is 95.3 Å². The van der Waals surface area contributed by atoms with E-state index in [-0.39, 0.29) is 46.0 Å². The lowest BCUT2D eigenvalue weighted by atomic mass is 9.73. The Bertz CT molecular complexity index is 3670. The fraction of sp³-hybridized carbons (Fsp3) is 0.554. The van der Waals surface area contributed by atoms with Gasteiger partial charge < -0.3 is 48.8 Å². The van der Waals surface area contributed by atoms with Gasteiger partial charge in [-0.3, -0.25) is 19.5 Å². The number of fused-ring (bicyclic) bond motifs is 6. The summed E-state index contributed by atoms with van der Waals surface area (Å²) in [4.78, 5) is 85.5. The zero-order valence-electron chi connectivity index (χ0n) is 56.8.